The van der Waals surface area contributed by atoms with Crippen LogP contribution in [0.5, 0.6) is 0 Å². The van der Waals surface area contributed by atoms with E-state index < -0.39 is 16.1 Å². The van der Waals surface area contributed by atoms with Crippen molar-refractivity contribution in [2.24, 2.45) is 0 Å². The SMILES string of the molecule is CC(=O)Nc1nc(C)c(S(=O)(=O)N2Cc3cc(C#N)ccc3N(Cc3cnc[nH]3)C[C@H]2Cc2ccccc2)s1. The maximum atomic E-state index is 14.3. The molecule has 0 bridgehead atoms. The van der Waals surface area contributed by atoms with Crippen molar-refractivity contribution in [3.05, 3.63) is 89.1 Å². The predicted molar refractivity (Wildman–Crippen MR) is 149 cm³/mol. The lowest BCUT2D eigenvalue weighted by Gasteiger charge is -2.32. The van der Waals surface area contributed by atoms with Gasteiger partial charge < -0.3 is 15.2 Å². The number of nitriles is 1. The minimum Gasteiger partial charge on any atom is -0.364 e. The van der Waals surface area contributed by atoms with Crippen molar-refractivity contribution in [2.75, 3.05) is 16.8 Å². The Morgan fingerprint density at radius 2 is 2.05 bits per heavy atom. The summed E-state index contributed by atoms with van der Waals surface area (Å²) in [6, 6.07) is 16.9. The quantitative estimate of drug-likeness (QED) is 0.350. The fourth-order valence-electron chi connectivity index (χ4n) is 4.82. The van der Waals surface area contributed by atoms with Crippen LogP contribution in [0.2, 0.25) is 0 Å². The second kappa shape index (κ2) is 11.0. The summed E-state index contributed by atoms with van der Waals surface area (Å²) in [6.45, 7) is 3.96. The average molecular weight is 562 g/mol. The van der Waals surface area contributed by atoms with Gasteiger partial charge >= 0.3 is 0 Å². The molecule has 2 aromatic carbocycles. The van der Waals surface area contributed by atoms with E-state index in [4.69, 9.17) is 0 Å². The zero-order valence-electron chi connectivity index (χ0n) is 21.5. The molecule has 1 aliphatic heterocycles. The number of nitrogens with zero attached hydrogens (tertiary/aromatic N) is 5. The molecule has 4 aromatic rings. The van der Waals surface area contributed by atoms with Gasteiger partial charge in [-0.25, -0.2) is 18.4 Å². The van der Waals surface area contributed by atoms with Gasteiger partial charge in [-0.3, -0.25) is 4.79 Å². The number of benzene rings is 2. The van der Waals surface area contributed by atoms with Crippen LogP contribution in [-0.4, -0.2) is 46.2 Å². The van der Waals surface area contributed by atoms with E-state index in [-0.39, 0.29) is 21.8 Å². The smallest absolute Gasteiger partial charge is 0.255 e. The molecular weight excluding hydrogens is 534 g/mol. The molecule has 5 rings (SSSR count). The second-order valence-corrected chi connectivity index (χ2v) is 12.5. The maximum Gasteiger partial charge on any atom is 0.255 e. The highest BCUT2D eigenvalue weighted by atomic mass is 32.2. The van der Waals surface area contributed by atoms with E-state index >= 15 is 0 Å². The van der Waals surface area contributed by atoms with Crippen molar-refractivity contribution in [1.29, 1.82) is 5.26 Å². The van der Waals surface area contributed by atoms with Gasteiger partial charge in [-0.1, -0.05) is 41.7 Å². The van der Waals surface area contributed by atoms with Crippen molar-refractivity contribution in [2.45, 2.75) is 43.6 Å². The largest absolute Gasteiger partial charge is 0.364 e. The molecule has 1 aliphatic rings. The number of carbonyl (C=O) groups is 1. The molecular formula is C27H27N7O3S2. The normalized spacial score (nSPS) is 15.8. The third-order valence-corrected chi connectivity index (χ3v) is 10.1. The number of aromatic amines is 1. The molecule has 10 nitrogen and oxygen atoms in total. The third-order valence-electron chi connectivity index (χ3n) is 6.52. The van der Waals surface area contributed by atoms with E-state index in [1.54, 1.807) is 31.6 Å². The van der Waals surface area contributed by atoms with Gasteiger partial charge in [0.2, 0.25) is 5.91 Å². The van der Waals surface area contributed by atoms with Crippen molar-refractivity contribution in [3.8, 4) is 6.07 Å². The molecule has 2 aromatic heterocycles. The van der Waals surface area contributed by atoms with E-state index in [0.29, 0.717) is 30.8 Å². The number of carbonyl (C=O) groups excluding carboxylic acids is 1. The molecule has 0 fully saturated rings. The molecule has 39 heavy (non-hydrogen) atoms. The van der Waals surface area contributed by atoms with Gasteiger partial charge in [0, 0.05) is 37.9 Å². The first kappa shape index (κ1) is 26.6. The summed E-state index contributed by atoms with van der Waals surface area (Å²) in [5, 5.41) is 12.4. The van der Waals surface area contributed by atoms with Crippen LogP contribution in [0.15, 0.2) is 65.3 Å². The Kier molecular flexibility index (Phi) is 7.47. The molecule has 1 amide bonds. The third kappa shape index (κ3) is 5.70. The topological polar surface area (TPSA) is 135 Å². The molecule has 0 spiro atoms. The van der Waals surface area contributed by atoms with E-state index in [2.05, 4.69) is 31.2 Å². The van der Waals surface area contributed by atoms with Crippen LogP contribution in [0, 0.1) is 18.3 Å². The van der Waals surface area contributed by atoms with Crippen LogP contribution >= 0.6 is 11.3 Å². The highest BCUT2D eigenvalue weighted by Crippen LogP contribution is 2.36. The van der Waals surface area contributed by atoms with Crippen molar-refractivity contribution in [1.82, 2.24) is 19.3 Å². The molecule has 0 saturated heterocycles. The van der Waals surface area contributed by atoms with Crippen molar-refractivity contribution >= 4 is 38.1 Å². The van der Waals surface area contributed by atoms with Gasteiger partial charge in [-0.05, 0) is 42.7 Å². The molecule has 0 unspecified atom stereocenters. The zero-order chi connectivity index (χ0) is 27.6. The van der Waals surface area contributed by atoms with E-state index in [9.17, 15) is 18.5 Å². The van der Waals surface area contributed by atoms with Crippen LogP contribution in [-0.2, 0) is 34.3 Å². The predicted octanol–water partition coefficient (Wildman–Crippen LogP) is 3.83. The number of sulfonamides is 1. The average Bonchev–Trinajstić information content (AvgIpc) is 3.52. The number of fused-ring (bicyclic) bond motifs is 1. The Bertz CT molecular complexity index is 1630. The number of anilines is 2. The number of H-pyrrole nitrogens is 1. The lowest BCUT2D eigenvalue weighted by molar-refractivity contribution is -0.114. The van der Waals surface area contributed by atoms with E-state index in [1.165, 1.54) is 11.2 Å². The van der Waals surface area contributed by atoms with E-state index in [1.807, 2.05) is 36.4 Å². The Labute approximate surface area is 231 Å². The molecule has 0 saturated carbocycles. The van der Waals surface area contributed by atoms with Gasteiger partial charge in [-0.15, -0.1) is 0 Å². The maximum absolute atomic E-state index is 14.3. The van der Waals surface area contributed by atoms with Gasteiger partial charge in [0.05, 0.1) is 35.9 Å². The monoisotopic (exact) mass is 561 g/mol. The summed E-state index contributed by atoms with van der Waals surface area (Å²) in [5.41, 5.74) is 4.27. The fourth-order valence-corrected chi connectivity index (χ4v) is 7.99. The summed E-state index contributed by atoms with van der Waals surface area (Å²) in [4.78, 5) is 25.3. The molecule has 3 heterocycles. The fraction of sp³-hybridized carbons (Fsp3) is 0.259. The molecule has 2 N–H and O–H groups in total. The van der Waals surface area contributed by atoms with E-state index in [0.717, 1.165) is 33.8 Å². The Hall–Kier alpha value is -4.05. The highest BCUT2D eigenvalue weighted by Gasteiger charge is 2.38. The number of thiazole rings is 1. The molecule has 200 valence electrons. The van der Waals surface area contributed by atoms with Gasteiger partial charge in [0.15, 0.2) is 9.34 Å². The number of aryl methyl sites for hydroxylation is 1. The van der Waals surface area contributed by atoms with Crippen LogP contribution in [0.4, 0.5) is 10.8 Å². The van der Waals surface area contributed by atoms with Crippen LogP contribution in [0.1, 0.15) is 35.0 Å². The lowest BCUT2D eigenvalue weighted by atomic mass is 10.1. The van der Waals surface area contributed by atoms with Crippen molar-refractivity contribution in [3.63, 3.8) is 0 Å². The van der Waals surface area contributed by atoms with Gasteiger partial charge in [0.25, 0.3) is 10.0 Å². The number of rotatable bonds is 7. The van der Waals surface area contributed by atoms with Crippen LogP contribution < -0.4 is 10.2 Å². The first-order valence-corrected chi connectivity index (χ1v) is 14.6. The first-order chi connectivity index (χ1) is 18.7. The molecule has 12 heteroatoms. The van der Waals surface area contributed by atoms with Gasteiger partial charge in [-0.2, -0.15) is 9.57 Å². The minimum absolute atomic E-state index is 0.0803. The molecule has 0 aliphatic carbocycles. The summed E-state index contributed by atoms with van der Waals surface area (Å²) in [7, 11) is -4.04. The molecule has 0 radical (unpaired) electrons. The standard InChI is InChI=1S/C27H27N7O3S2/c1-18-26(38-27(31-18)32-19(2)35)39(36,37)34-14-22-10-21(12-28)8-9-25(22)33(15-23-13-29-17-30-23)16-24(34)11-20-6-4-3-5-7-20/h3-10,13,17,24H,11,14-16H2,1-2H3,(H,29,30)(H,31,32,35)/t24-/m1/s1. The number of hydrogen-bond donors (Lipinski definition) is 2. The molecule has 1 atom stereocenters. The Morgan fingerprint density at radius 1 is 1.26 bits per heavy atom. The minimum atomic E-state index is -4.04. The van der Waals surface area contributed by atoms with Crippen LogP contribution in [0.25, 0.3) is 0 Å². The summed E-state index contributed by atoms with van der Waals surface area (Å²) < 4.78 is 30.3. The lowest BCUT2D eigenvalue weighted by Crippen LogP contribution is -2.45. The summed E-state index contributed by atoms with van der Waals surface area (Å²) in [5.74, 6) is -0.322. The van der Waals surface area contributed by atoms with Crippen LogP contribution in [0.3, 0.4) is 0 Å². The number of amides is 1. The highest BCUT2D eigenvalue weighted by molar-refractivity contribution is 7.91. The Balaban J connectivity index is 1.62. The Morgan fingerprint density at radius 3 is 2.74 bits per heavy atom. The van der Waals surface area contributed by atoms with Gasteiger partial charge in [0.1, 0.15) is 0 Å². The zero-order valence-corrected chi connectivity index (χ0v) is 23.1. The number of aromatic nitrogens is 3. The first-order valence-electron chi connectivity index (χ1n) is 12.3. The second-order valence-electron chi connectivity index (χ2n) is 9.38. The van der Waals surface area contributed by atoms with Crippen molar-refractivity contribution < 1.29 is 13.2 Å². The summed E-state index contributed by atoms with van der Waals surface area (Å²) in [6.07, 6.45) is 3.85. The number of hydrogen-bond acceptors (Lipinski definition) is 8. The summed E-state index contributed by atoms with van der Waals surface area (Å²) >= 11 is 0.945. The number of imidazole rings is 1. The number of nitrogens with one attached hydrogen (secondary N) is 2.